The molecule has 2 aromatic rings. The molecule has 1 amide bonds. The maximum atomic E-state index is 17.3. The van der Waals surface area contributed by atoms with E-state index < -0.39 is 42.4 Å². The van der Waals surface area contributed by atoms with Crippen molar-refractivity contribution >= 4 is 29.9 Å². The highest BCUT2D eigenvalue weighted by atomic mass is 32.2. The van der Waals surface area contributed by atoms with E-state index in [1.807, 2.05) is 25.1 Å². The molecular formula is C26H35FN2O3SSi. The Kier molecular flexibility index (Phi) is 6.00. The number of halogens is 1. The number of amides is 1. The highest BCUT2D eigenvalue weighted by molar-refractivity contribution is 7.89. The SMILES string of the molecule is Cc1cccc2c1[C@]1(F)CC(=O)N(S(=O)(=O)c3ccccc3)[C@@H]1N2[Si](C(C)C)(C(C)C)C(C)C. The van der Waals surface area contributed by atoms with E-state index in [1.54, 1.807) is 18.2 Å². The van der Waals surface area contributed by atoms with Gasteiger partial charge < -0.3 is 4.57 Å². The molecule has 184 valence electrons. The predicted molar refractivity (Wildman–Crippen MR) is 136 cm³/mol. The lowest BCUT2D eigenvalue weighted by atomic mass is 9.91. The van der Waals surface area contributed by atoms with Crippen molar-refractivity contribution in [3.05, 3.63) is 59.7 Å². The summed E-state index contributed by atoms with van der Waals surface area (Å²) >= 11 is 0. The first-order valence-corrected chi connectivity index (χ1v) is 15.7. The Labute approximate surface area is 204 Å². The van der Waals surface area contributed by atoms with Gasteiger partial charge in [0.15, 0.2) is 20.1 Å². The summed E-state index contributed by atoms with van der Waals surface area (Å²) in [5, 5.41) is 0. The zero-order valence-electron chi connectivity index (χ0n) is 21.0. The molecule has 1 saturated heterocycles. The molecule has 0 radical (unpaired) electrons. The number of alkyl halides is 1. The number of hydrogen-bond acceptors (Lipinski definition) is 4. The van der Waals surface area contributed by atoms with Crippen molar-refractivity contribution in [1.29, 1.82) is 0 Å². The van der Waals surface area contributed by atoms with Crippen LogP contribution in [0.3, 0.4) is 0 Å². The molecule has 0 unspecified atom stereocenters. The molecule has 0 N–H and O–H groups in total. The van der Waals surface area contributed by atoms with Gasteiger partial charge in [-0.2, -0.15) is 0 Å². The quantitative estimate of drug-likeness (QED) is 0.448. The summed E-state index contributed by atoms with van der Waals surface area (Å²) in [4.78, 5) is 13.4. The third-order valence-corrected chi connectivity index (χ3v) is 16.6. The topological polar surface area (TPSA) is 57.7 Å². The molecule has 2 aliphatic heterocycles. The smallest absolute Gasteiger partial charge is 0.268 e. The zero-order valence-corrected chi connectivity index (χ0v) is 22.9. The van der Waals surface area contributed by atoms with E-state index in [0.717, 1.165) is 15.6 Å². The van der Waals surface area contributed by atoms with E-state index in [4.69, 9.17) is 0 Å². The summed E-state index contributed by atoms with van der Waals surface area (Å²) < 4.78 is 48.0. The molecule has 2 heterocycles. The summed E-state index contributed by atoms with van der Waals surface area (Å²) in [5.41, 5.74) is 0.448. The number of benzene rings is 2. The standard InChI is InChI=1S/C26H35FN2O3SSi/c1-17(2)34(18(3)4,19(5)6)29-22-15-11-12-20(7)24(22)26(27)16-23(30)28(25(26)29)33(31,32)21-13-9-8-10-14-21/h8-15,17-19,25H,16H2,1-7H3/t25-,26-/m1/s1. The van der Waals surface area contributed by atoms with Crippen LogP contribution in [0.25, 0.3) is 0 Å². The van der Waals surface area contributed by atoms with Crippen LogP contribution in [-0.2, 0) is 20.5 Å². The normalized spacial score (nSPS) is 22.8. The fraction of sp³-hybridized carbons (Fsp3) is 0.500. The van der Waals surface area contributed by atoms with Crippen molar-refractivity contribution in [2.24, 2.45) is 0 Å². The molecule has 34 heavy (non-hydrogen) atoms. The Morgan fingerprint density at radius 1 is 0.941 bits per heavy atom. The predicted octanol–water partition coefficient (Wildman–Crippen LogP) is 6.10. The third-order valence-electron chi connectivity index (χ3n) is 7.95. The van der Waals surface area contributed by atoms with Crippen LogP contribution in [-0.4, -0.2) is 33.0 Å². The van der Waals surface area contributed by atoms with Crippen molar-refractivity contribution in [2.45, 2.75) is 88.2 Å². The number of carbonyl (C=O) groups excluding carboxylic acids is 1. The second-order valence-corrected chi connectivity index (χ2v) is 18.1. The van der Waals surface area contributed by atoms with Gasteiger partial charge in [-0.3, -0.25) is 4.79 Å². The third kappa shape index (κ3) is 3.14. The van der Waals surface area contributed by atoms with Gasteiger partial charge in [-0.05, 0) is 47.3 Å². The van der Waals surface area contributed by atoms with Gasteiger partial charge in [0, 0.05) is 11.3 Å². The van der Waals surface area contributed by atoms with Crippen LogP contribution in [0.15, 0.2) is 53.4 Å². The molecule has 1 fully saturated rings. The minimum absolute atomic E-state index is 0.00568. The van der Waals surface area contributed by atoms with E-state index >= 15 is 4.39 Å². The summed E-state index contributed by atoms with van der Waals surface area (Å²) in [6.07, 6.45) is -1.70. The number of anilines is 1. The van der Waals surface area contributed by atoms with Gasteiger partial charge in [0.25, 0.3) is 10.0 Å². The first kappa shape index (κ1) is 24.9. The summed E-state index contributed by atoms with van der Waals surface area (Å²) in [6, 6.07) is 13.6. The number of carbonyl (C=O) groups is 1. The molecule has 8 heteroatoms. The molecule has 4 rings (SSSR count). The fourth-order valence-electron chi connectivity index (χ4n) is 6.99. The van der Waals surface area contributed by atoms with Crippen LogP contribution < -0.4 is 4.57 Å². The van der Waals surface area contributed by atoms with Crippen LogP contribution in [0.1, 0.15) is 59.1 Å². The summed E-state index contributed by atoms with van der Waals surface area (Å²) in [5.74, 6) is -0.686. The minimum atomic E-state index is -4.26. The molecule has 2 atom stereocenters. The largest absolute Gasteiger partial charge is 0.373 e. The Morgan fingerprint density at radius 3 is 2.03 bits per heavy atom. The Hall–Kier alpha value is -2.19. The van der Waals surface area contributed by atoms with Crippen molar-refractivity contribution in [2.75, 3.05) is 4.57 Å². The molecule has 0 spiro atoms. The maximum Gasteiger partial charge on any atom is 0.268 e. The Balaban J connectivity index is 2.07. The van der Waals surface area contributed by atoms with Gasteiger partial charge in [0.05, 0.1) is 11.3 Å². The second kappa shape index (κ2) is 8.19. The van der Waals surface area contributed by atoms with Crippen LogP contribution in [0.2, 0.25) is 16.6 Å². The lowest BCUT2D eigenvalue weighted by Crippen LogP contribution is -2.67. The number of nitrogens with zero attached hydrogens (tertiary/aromatic N) is 2. The van der Waals surface area contributed by atoms with Crippen molar-refractivity contribution < 1.29 is 17.6 Å². The molecule has 0 saturated carbocycles. The molecule has 5 nitrogen and oxygen atoms in total. The van der Waals surface area contributed by atoms with Crippen molar-refractivity contribution in [3.63, 3.8) is 0 Å². The molecule has 0 aliphatic carbocycles. The van der Waals surface area contributed by atoms with Gasteiger partial charge >= 0.3 is 0 Å². The van der Waals surface area contributed by atoms with Gasteiger partial charge in [-0.25, -0.2) is 17.1 Å². The Bertz CT molecular complexity index is 1190. The number of hydrogen-bond donors (Lipinski definition) is 0. The maximum absolute atomic E-state index is 17.3. The van der Waals surface area contributed by atoms with Crippen LogP contribution in [0, 0.1) is 6.92 Å². The number of aryl methyl sites for hydroxylation is 1. The van der Waals surface area contributed by atoms with E-state index in [0.29, 0.717) is 5.56 Å². The molecule has 2 aliphatic rings. The minimum Gasteiger partial charge on any atom is -0.373 e. The first-order chi connectivity index (χ1) is 15.8. The highest BCUT2D eigenvalue weighted by Crippen LogP contribution is 2.61. The molecule has 0 bridgehead atoms. The highest BCUT2D eigenvalue weighted by Gasteiger charge is 2.69. The molecule has 0 aromatic heterocycles. The van der Waals surface area contributed by atoms with Gasteiger partial charge in [-0.15, -0.1) is 0 Å². The number of rotatable bonds is 6. The average molecular weight is 503 g/mol. The summed E-state index contributed by atoms with van der Waals surface area (Å²) in [6.45, 7) is 14.8. The lowest BCUT2D eigenvalue weighted by Gasteiger charge is -2.54. The van der Waals surface area contributed by atoms with Crippen LogP contribution in [0.4, 0.5) is 10.1 Å². The van der Waals surface area contributed by atoms with E-state index in [2.05, 4.69) is 46.1 Å². The molecule has 2 aromatic carbocycles. The van der Waals surface area contributed by atoms with E-state index in [1.165, 1.54) is 12.1 Å². The van der Waals surface area contributed by atoms with Gasteiger partial charge in [-0.1, -0.05) is 71.9 Å². The van der Waals surface area contributed by atoms with Crippen LogP contribution >= 0.6 is 0 Å². The average Bonchev–Trinajstić information content (AvgIpc) is 3.15. The first-order valence-electron chi connectivity index (χ1n) is 12.0. The lowest BCUT2D eigenvalue weighted by molar-refractivity contribution is -0.124. The van der Waals surface area contributed by atoms with Gasteiger partial charge in [0.2, 0.25) is 5.91 Å². The van der Waals surface area contributed by atoms with Crippen molar-refractivity contribution in [3.8, 4) is 0 Å². The second-order valence-electron chi connectivity index (χ2n) is 10.6. The van der Waals surface area contributed by atoms with Crippen LogP contribution in [0.5, 0.6) is 0 Å². The fourth-order valence-corrected chi connectivity index (χ4v) is 15.7. The molecular weight excluding hydrogens is 467 g/mol. The number of sulfonamides is 1. The van der Waals surface area contributed by atoms with Crippen molar-refractivity contribution in [1.82, 2.24) is 4.31 Å². The summed E-state index contributed by atoms with van der Waals surface area (Å²) in [7, 11) is -6.87. The number of fused-ring (bicyclic) bond motifs is 3. The van der Waals surface area contributed by atoms with Gasteiger partial charge in [0.1, 0.15) is 0 Å². The Morgan fingerprint density at radius 2 is 1.50 bits per heavy atom. The van der Waals surface area contributed by atoms with E-state index in [9.17, 15) is 13.2 Å². The monoisotopic (exact) mass is 502 g/mol. The van der Waals surface area contributed by atoms with E-state index in [-0.39, 0.29) is 21.5 Å². The zero-order chi connectivity index (χ0) is 25.2.